The molecular weight excluding hydrogens is 579 g/mol. The summed E-state index contributed by atoms with van der Waals surface area (Å²) in [6, 6.07) is 21.2. The molecule has 0 nitrogen and oxygen atoms in total. The molecule has 9 heteroatoms. The molecule has 2 aromatic carbocycles. The van der Waals surface area contributed by atoms with Crippen molar-refractivity contribution >= 4 is 97.6 Å². The Balaban J connectivity index is 0.000000213. The number of rotatable bonds is 2. The summed E-state index contributed by atoms with van der Waals surface area (Å²) < 4.78 is 3.59. The molecule has 0 radical (unpaired) electrons. The topological polar surface area (TPSA) is 0 Å². The van der Waals surface area contributed by atoms with Crippen molar-refractivity contribution in [1.29, 1.82) is 0 Å². The molecule has 0 spiro atoms. The predicted molar refractivity (Wildman–Crippen MR) is 152 cm³/mol. The van der Waals surface area contributed by atoms with E-state index in [4.69, 9.17) is 50.5 Å². The Bertz CT molecular complexity index is 764. The Kier molecular flexibility index (Phi) is 13.4. The third-order valence-electron chi connectivity index (χ3n) is 4.54. The van der Waals surface area contributed by atoms with Gasteiger partial charge in [-0.1, -0.05) is 60.7 Å². The van der Waals surface area contributed by atoms with Crippen LogP contribution < -0.4 is 0 Å². The van der Waals surface area contributed by atoms with Crippen molar-refractivity contribution in [3.05, 3.63) is 88.7 Å². The van der Waals surface area contributed by atoms with Crippen LogP contribution in [0.4, 0.5) is 0 Å². The van der Waals surface area contributed by atoms with Crippen molar-refractivity contribution in [1.82, 2.24) is 0 Å². The molecule has 0 atom stereocenters. The van der Waals surface area contributed by atoms with Gasteiger partial charge in [-0.05, 0) is 11.1 Å². The van der Waals surface area contributed by atoms with Gasteiger partial charge in [-0.15, -0.1) is 0 Å². The first-order chi connectivity index (χ1) is 14.5. The molecule has 2 heterocycles. The van der Waals surface area contributed by atoms with Gasteiger partial charge in [0.25, 0.3) is 0 Å². The molecule has 0 aromatic heterocycles. The summed E-state index contributed by atoms with van der Waals surface area (Å²) in [5.41, 5.74) is 2.79. The fraction of sp³-hybridized carbons (Fsp3) is 0.273. The van der Waals surface area contributed by atoms with Crippen molar-refractivity contribution < 1.29 is 16.5 Å². The Morgan fingerprint density at radius 3 is 1.00 bits per heavy atom. The molecule has 0 amide bonds. The van der Waals surface area contributed by atoms with Crippen LogP contribution in [0.2, 0.25) is 0 Å². The standard InChI is InChI=1S/2C11H12S4.Ni/c2*12-10-11(13)15-7-9(6-14-10)8-4-2-1-3-5-8;/h2*1-5,9,12-13H,6-7H2;/p-4. The number of hydrogen-bond acceptors (Lipinski definition) is 8. The van der Waals surface area contributed by atoms with E-state index in [2.05, 4.69) is 60.7 Å². The van der Waals surface area contributed by atoms with E-state index in [9.17, 15) is 0 Å². The molecule has 31 heavy (non-hydrogen) atoms. The van der Waals surface area contributed by atoms with Crippen molar-refractivity contribution in [3.8, 4) is 0 Å². The Morgan fingerprint density at radius 1 is 0.484 bits per heavy atom. The van der Waals surface area contributed by atoms with Gasteiger partial charge >= 0.3 is 0 Å². The molecule has 2 aliphatic rings. The Hall–Kier alpha value is 0.694. The van der Waals surface area contributed by atoms with Gasteiger partial charge in [0.1, 0.15) is 0 Å². The van der Waals surface area contributed by atoms with Crippen molar-refractivity contribution in [2.75, 3.05) is 23.0 Å². The monoisotopic (exact) mass is 598 g/mol. The summed E-state index contributed by atoms with van der Waals surface area (Å²) in [4.78, 5) is 0. The molecule has 0 saturated carbocycles. The maximum Gasteiger partial charge on any atom is 0.00359 e. The molecule has 0 fully saturated rings. The van der Waals surface area contributed by atoms with Crippen LogP contribution in [0.3, 0.4) is 0 Å². The summed E-state index contributed by atoms with van der Waals surface area (Å²) in [6.07, 6.45) is 0. The number of thioether (sulfide) groups is 4. The smallest absolute Gasteiger partial charge is 0.00359 e. The third kappa shape index (κ3) is 9.10. The molecule has 170 valence electrons. The van der Waals surface area contributed by atoms with Gasteiger partial charge in [-0.25, -0.2) is 0 Å². The van der Waals surface area contributed by atoms with Crippen molar-refractivity contribution in [3.63, 3.8) is 0 Å². The zero-order valence-electron chi connectivity index (χ0n) is 16.3. The first-order valence-corrected chi connectivity index (χ1v) is 14.9. The van der Waals surface area contributed by atoms with E-state index in [1.54, 1.807) is 47.0 Å². The first-order valence-electron chi connectivity index (χ1n) is 9.32. The first kappa shape index (κ1) is 27.9. The summed E-state index contributed by atoms with van der Waals surface area (Å²) >= 11 is 27.8. The summed E-state index contributed by atoms with van der Waals surface area (Å²) in [5, 5.41) is 0. The molecule has 2 aromatic rings. The molecule has 0 unspecified atom stereocenters. The van der Waals surface area contributed by atoms with Gasteiger partial charge in [0.05, 0.1) is 0 Å². The van der Waals surface area contributed by atoms with Crippen LogP contribution in [0.1, 0.15) is 23.0 Å². The van der Waals surface area contributed by atoms with Crippen LogP contribution in [0, 0.1) is 0 Å². The van der Waals surface area contributed by atoms with Gasteiger partial charge in [0.2, 0.25) is 0 Å². The number of benzene rings is 2. The van der Waals surface area contributed by atoms with Gasteiger partial charge in [0.15, 0.2) is 0 Å². The molecular formula is C22H20NiS8-4. The van der Waals surface area contributed by atoms with E-state index in [1.807, 2.05) is 0 Å². The SMILES string of the molecule is [Ni].[S-]C1=C([S-])SCC(c2ccccc2)CS1.[S-]C1=C([S-])SCC(c2ccccc2)CS1. The minimum absolute atomic E-state index is 0. The van der Waals surface area contributed by atoms with Crippen LogP contribution in [-0.2, 0) is 67.0 Å². The van der Waals surface area contributed by atoms with E-state index in [0.29, 0.717) is 11.8 Å². The molecule has 4 rings (SSSR count). The van der Waals surface area contributed by atoms with E-state index in [1.165, 1.54) is 11.1 Å². The van der Waals surface area contributed by atoms with Crippen LogP contribution in [-0.4, -0.2) is 23.0 Å². The summed E-state index contributed by atoms with van der Waals surface area (Å²) in [7, 11) is 0. The quantitative estimate of drug-likeness (QED) is 0.266. The van der Waals surface area contributed by atoms with Gasteiger partial charge in [-0.2, -0.15) is 64.0 Å². The van der Waals surface area contributed by atoms with Crippen LogP contribution in [0.25, 0.3) is 0 Å². The zero-order chi connectivity index (χ0) is 21.3. The van der Waals surface area contributed by atoms with E-state index in [0.717, 1.165) is 40.0 Å². The maximum atomic E-state index is 5.22. The van der Waals surface area contributed by atoms with E-state index < -0.39 is 0 Å². The second-order valence-corrected chi connectivity index (χ2v) is 13.4. The van der Waals surface area contributed by atoms with Crippen LogP contribution in [0.15, 0.2) is 77.6 Å². The summed E-state index contributed by atoms with van der Waals surface area (Å²) in [5.74, 6) is 5.34. The fourth-order valence-electron chi connectivity index (χ4n) is 2.87. The minimum Gasteiger partial charge on any atom is -0.774 e. The minimum atomic E-state index is 0. The molecule has 0 bridgehead atoms. The van der Waals surface area contributed by atoms with E-state index in [-0.39, 0.29) is 16.5 Å². The Labute approximate surface area is 235 Å². The fourth-order valence-corrected chi connectivity index (χ4v) is 8.52. The van der Waals surface area contributed by atoms with E-state index >= 15 is 0 Å². The molecule has 0 saturated heterocycles. The van der Waals surface area contributed by atoms with Crippen molar-refractivity contribution in [2.24, 2.45) is 0 Å². The average Bonchev–Trinajstić information content (AvgIpc) is 3.06. The maximum absolute atomic E-state index is 5.22. The molecule has 0 N–H and O–H groups in total. The van der Waals surface area contributed by atoms with Gasteiger partial charge < -0.3 is 50.5 Å². The van der Waals surface area contributed by atoms with Crippen LogP contribution in [0.5, 0.6) is 0 Å². The van der Waals surface area contributed by atoms with Gasteiger partial charge in [-0.3, -0.25) is 0 Å². The molecule has 2 aliphatic heterocycles. The normalized spacial score (nSPS) is 18.3. The van der Waals surface area contributed by atoms with Gasteiger partial charge in [0, 0.05) is 51.3 Å². The average molecular weight is 600 g/mol. The summed E-state index contributed by atoms with van der Waals surface area (Å²) in [6.45, 7) is 0. The Morgan fingerprint density at radius 2 is 0.742 bits per heavy atom. The zero-order valence-corrected chi connectivity index (χ0v) is 23.9. The second-order valence-electron chi connectivity index (χ2n) is 6.61. The number of hydrogen-bond donors (Lipinski definition) is 0. The predicted octanol–water partition coefficient (Wildman–Crippen LogP) is 6.94. The van der Waals surface area contributed by atoms with Crippen molar-refractivity contribution in [2.45, 2.75) is 11.8 Å². The molecule has 0 aliphatic carbocycles. The third-order valence-corrected chi connectivity index (χ3v) is 11.9. The van der Waals surface area contributed by atoms with Crippen LogP contribution >= 0.6 is 47.0 Å². The second kappa shape index (κ2) is 14.8. The largest absolute Gasteiger partial charge is 0.774 e.